The molecule has 0 aliphatic heterocycles. The van der Waals surface area contributed by atoms with Crippen LogP contribution in [-0.2, 0) is 26.2 Å². The molecule has 10 heteroatoms. The Morgan fingerprint density at radius 3 is 2.27 bits per heavy atom. The number of rotatable bonds is 11. The maximum Gasteiger partial charge on any atom is 0.264 e. The van der Waals surface area contributed by atoms with Crippen molar-refractivity contribution >= 4 is 50.7 Å². The molecule has 1 fully saturated rings. The second-order valence-electron chi connectivity index (χ2n) is 10.4. The standard InChI is InChI=1S/C31H35Cl2N3O4S/c1-3-29(31(38)34-26-11-4-5-12-26)35(20-23-9-6-8-22(2)18-23)30(37)21-36(27-13-7-10-25(33)19-27)41(39,40)28-16-14-24(32)15-17-28/h6-10,13-19,26,29H,3-5,11-12,20-21H2,1-2H3,(H,34,38)/t29-/m1/s1. The quantitative estimate of drug-likeness (QED) is 0.272. The van der Waals surface area contributed by atoms with Crippen molar-refractivity contribution in [1.82, 2.24) is 10.2 Å². The minimum absolute atomic E-state index is 0.0223. The number of aryl methyl sites for hydroxylation is 1. The summed E-state index contributed by atoms with van der Waals surface area (Å²) in [5.41, 5.74) is 2.10. The molecule has 0 unspecified atom stereocenters. The third-order valence-electron chi connectivity index (χ3n) is 7.30. The smallest absolute Gasteiger partial charge is 0.264 e. The molecule has 41 heavy (non-hydrogen) atoms. The highest BCUT2D eigenvalue weighted by Crippen LogP contribution is 2.28. The van der Waals surface area contributed by atoms with Gasteiger partial charge in [-0.25, -0.2) is 8.42 Å². The topological polar surface area (TPSA) is 86.8 Å². The normalized spacial score (nSPS) is 14.4. The third-order valence-corrected chi connectivity index (χ3v) is 9.57. The van der Waals surface area contributed by atoms with Crippen molar-refractivity contribution in [3.63, 3.8) is 0 Å². The maximum absolute atomic E-state index is 14.2. The highest BCUT2D eigenvalue weighted by molar-refractivity contribution is 7.92. The number of carbonyl (C=O) groups is 2. The Balaban J connectivity index is 1.71. The van der Waals surface area contributed by atoms with Crippen molar-refractivity contribution in [3.05, 3.63) is 94.0 Å². The molecule has 0 aromatic heterocycles. The first-order valence-electron chi connectivity index (χ1n) is 13.8. The maximum atomic E-state index is 14.2. The van der Waals surface area contributed by atoms with Gasteiger partial charge in [0.1, 0.15) is 12.6 Å². The lowest BCUT2D eigenvalue weighted by atomic mass is 10.1. The molecule has 7 nitrogen and oxygen atoms in total. The van der Waals surface area contributed by atoms with E-state index < -0.39 is 28.5 Å². The van der Waals surface area contributed by atoms with Gasteiger partial charge in [0.25, 0.3) is 10.0 Å². The van der Waals surface area contributed by atoms with Crippen LogP contribution in [0.1, 0.15) is 50.2 Å². The van der Waals surface area contributed by atoms with Crippen molar-refractivity contribution < 1.29 is 18.0 Å². The van der Waals surface area contributed by atoms with Gasteiger partial charge in [-0.2, -0.15) is 0 Å². The Bertz CT molecular complexity index is 1470. The molecule has 0 spiro atoms. The largest absolute Gasteiger partial charge is 0.352 e. The number of nitrogens with one attached hydrogen (secondary N) is 1. The van der Waals surface area contributed by atoms with Gasteiger partial charge in [0.15, 0.2) is 0 Å². The van der Waals surface area contributed by atoms with Gasteiger partial charge >= 0.3 is 0 Å². The highest BCUT2D eigenvalue weighted by Gasteiger charge is 2.34. The van der Waals surface area contributed by atoms with Gasteiger partial charge in [-0.3, -0.25) is 13.9 Å². The molecule has 1 aliphatic carbocycles. The van der Waals surface area contributed by atoms with Crippen molar-refractivity contribution in [2.75, 3.05) is 10.8 Å². The average Bonchev–Trinajstić information content (AvgIpc) is 3.44. The molecule has 1 N–H and O–H groups in total. The van der Waals surface area contributed by atoms with Gasteiger partial charge in [-0.15, -0.1) is 0 Å². The van der Waals surface area contributed by atoms with E-state index in [1.165, 1.54) is 35.2 Å². The summed E-state index contributed by atoms with van der Waals surface area (Å²) in [5.74, 6) is -0.729. The number of sulfonamides is 1. The molecule has 3 aromatic carbocycles. The molecule has 3 aromatic rings. The summed E-state index contributed by atoms with van der Waals surface area (Å²) < 4.78 is 28.9. The van der Waals surface area contributed by atoms with Gasteiger partial charge in [0, 0.05) is 22.6 Å². The SMILES string of the molecule is CC[C@H](C(=O)NC1CCCC1)N(Cc1cccc(C)c1)C(=O)CN(c1cccc(Cl)c1)S(=O)(=O)c1ccc(Cl)cc1. The molecule has 0 bridgehead atoms. The first-order valence-corrected chi connectivity index (χ1v) is 16.0. The molecule has 218 valence electrons. The van der Waals surface area contributed by atoms with Crippen LogP contribution in [0.3, 0.4) is 0 Å². The fourth-order valence-corrected chi connectivity index (χ4v) is 6.90. The molecular weight excluding hydrogens is 581 g/mol. The highest BCUT2D eigenvalue weighted by atomic mass is 35.5. The molecule has 2 amide bonds. The summed E-state index contributed by atoms with van der Waals surface area (Å²) in [5, 5.41) is 3.83. The average molecular weight is 617 g/mol. The van der Waals surface area contributed by atoms with Crippen LogP contribution < -0.4 is 9.62 Å². The van der Waals surface area contributed by atoms with E-state index in [0.29, 0.717) is 16.5 Å². The van der Waals surface area contributed by atoms with E-state index in [-0.39, 0.29) is 29.1 Å². The van der Waals surface area contributed by atoms with Crippen LogP contribution in [0.5, 0.6) is 0 Å². The van der Waals surface area contributed by atoms with Crippen LogP contribution in [-0.4, -0.2) is 43.8 Å². The predicted molar refractivity (Wildman–Crippen MR) is 164 cm³/mol. The van der Waals surface area contributed by atoms with E-state index in [1.54, 1.807) is 18.2 Å². The van der Waals surface area contributed by atoms with E-state index in [0.717, 1.165) is 41.1 Å². The van der Waals surface area contributed by atoms with Crippen LogP contribution in [0.25, 0.3) is 0 Å². The summed E-state index contributed by atoms with van der Waals surface area (Å²) >= 11 is 12.2. The van der Waals surface area contributed by atoms with Gasteiger partial charge in [-0.1, -0.05) is 78.9 Å². The van der Waals surface area contributed by atoms with Gasteiger partial charge in [0.2, 0.25) is 11.8 Å². The molecule has 0 heterocycles. The second kappa shape index (κ2) is 13.7. The number of benzene rings is 3. The number of carbonyl (C=O) groups excluding carboxylic acids is 2. The Morgan fingerprint density at radius 1 is 0.951 bits per heavy atom. The van der Waals surface area contributed by atoms with Crippen LogP contribution in [0.15, 0.2) is 77.7 Å². The van der Waals surface area contributed by atoms with Crippen molar-refractivity contribution in [2.24, 2.45) is 0 Å². The number of hydrogen-bond acceptors (Lipinski definition) is 4. The Kier molecular flexibility index (Phi) is 10.3. The monoisotopic (exact) mass is 615 g/mol. The minimum atomic E-state index is -4.20. The van der Waals surface area contributed by atoms with Gasteiger partial charge in [-0.05, 0) is 74.2 Å². The van der Waals surface area contributed by atoms with Crippen LogP contribution in [0, 0.1) is 6.92 Å². The molecular formula is C31H35Cl2N3O4S. The Hall–Kier alpha value is -3.07. The van der Waals surface area contributed by atoms with E-state index >= 15 is 0 Å². The van der Waals surface area contributed by atoms with E-state index in [1.807, 2.05) is 38.1 Å². The van der Waals surface area contributed by atoms with Crippen molar-refractivity contribution in [1.29, 1.82) is 0 Å². The van der Waals surface area contributed by atoms with Gasteiger partial charge < -0.3 is 10.2 Å². The van der Waals surface area contributed by atoms with Crippen LogP contribution in [0.4, 0.5) is 5.69 Å². The zero-order valence-corrected chi connectivity index (χ0v) is 25.6. The van der Waals surface area contributed by atoms with E-state index in [4.69, 9.17) is 23.2 Å². The number of halogens is 2. The number of anilines is 1. The summed E-state index contributed by atoms with van der Waals surface area (Å²) in [4.78, 5) is 29.1. The molecule has 1 saturated carbocycles. The summed E-state index contributed by atoms with van der Waals surface area (Å²) in [6.45, 7) is 3.44. The lowest BCUT2D eigenvalue weighted by molar-refractivity contribution is -0.140. The van der Waals surface area contributed by atoms with Gasteiger partial charge in [0.05, 0.1) is 10.6 Å². The van der Waals surface area contributed by atoms with Crippen LogP contribution in [0.2, 0.25) is 10.0 Å². The third kappa shape index (κ3) is 7.82. The first kappa shape index (κ1) is 30.9. The molecule has 0 radical (unpaired) electrons. The Labute approximate surface area is 252 Å². The van der Waals surface area contributed by atoms with Crippen LogP contribution >= 0.6 is 23.2 Å². The van der Waals surface area contributed by atoms with Crippen molar-refractivity contribution in [2.45, 2.75) is 69.5 Å². The fraction of sp³-hybridized carbons (Fsp3) is 0.355. The van der Waals surface area contributed by atoms with E-state index in [2.05, 4.69) is 5.32 Å². The summed E-state index contributed by atoms with van der Waals surface area (Å²) in [7, 11) is -4.20. The Morgan fingerprint density at radius 2 is 1.63 bits per heavy atom. The number of nitrogens with zero attached hydrogens (tertiary/aromatic N) is 2. The minimum Gasteiger partial charge on any atom is -0.352 e. The molecule has 1 aliphatic rings. The van der Waals surface area contributed by atoms with Crippen molar-refractivity contribution in [3.8, 4) is 0 Å². The zero-order chi connectivity index (χ0) is 29.6. The second-order valence-corrected chi connectivity index (χ2v) is 13.1. The number of hydrogen-bond donors (Lipinski definition) is 1. The molecule has 0 saturated heterocycles. The first-order chi connectivity index (χ1) is 19.6. The zero-order valence-electron chi connectivity index (χ0n) is 23.2. The summed E-state index contributed by atoms with van der Waals surface area (Å²) in [6, 6.07) is 19.1. The number of amides is 2. The summed E-state index contributed by atoms with van der Waals surface area (Å²) in [6.07, 6.45) is 4.32. The molecule has 1 atom stereocenters. The predicted octanol–water partition coefficient (Wildman–Crippen LogP) is 6.36. The van der Waals surface area contributed by atoms with E-state index in [9.17, 15) is 18.0 Å². The lowest BCUT2D eigenvalue weighted by Crippen LogP contribution is -2.53. The fourth-order valence-electron chi connectivity index (χ4n) is 5.19. The lowest BCUT2D eigenvalue weighted by Gasteiger charge is -2.34. The molecule has 4 rings (SSSR count).